The molecule has 2 rings (SSSR count). The molecule has 19 heavy (non-hydrogen) atoms. The molecule has 2 N–H and O–H groups in total. The van der Waals surface area contributed by atoms with Gasteiger partial charge in [0.15, 0.2) is 0 Å². The SMILES string of the molecule is Cc1ccc(C(N)CCN2CCCCCC2C)cc1. The number of aryl methyl sites for hydroxylation is 1. The predicted octanol–water partition coefficient (Wildman–Crippen LogP) is 3.65. The van der Waals surface area contributed by atoms with Crippen molar-refractivity contribution in [1.82, 2.24) is 4.90 Å². The Labute approximate surface area is 118 Å². The van der Waals surface area contributed by atoms with Gasteiger partial charge in [0.25, 0.3) is 0 Å². The van der Waals surface area contributed by atoms with Gasteiger partial charge >= 0.3 is 0 Å². The summed E-state index contributed by atoms with van der Waals surface area (Å²) < 4.78 is 0. The topological polar surface area (TPSA) is 29.3 Å². The molecule has 2 atom stereocenters. The molecular weight excluding hydrogens is 232 g/mol. The summed E-state index contributed by atoms with van der Waals surface area (Å²) in [7, 11) is 0. The van der Waals surface area contributed by atoms with Crippen LogP contribution in [0.25, 0.3) is 0 Å². The van der Waals surface area contributed by atoms with Crippen molar-refractivity contribution in [3.05, 3.63) is 35.4 Å². The highest BCUT2D eigenvalue weighted by Gasteiger charge is 2.17. The largest absolute Gasteiger partial charge is 0.324 e. The molecule has 1 aliphatic rings. The van der Waals surface area contributed by atoms with Crippen LogP contribution < -0.4 is 5.73 Å². The maximum Gasteiger partial charge on any atom is 0.0307 e. The Morgan fingerprint density at radius 3 is 2.68 bits per heavy atom. The number of hydrogen-bond acceptors (Lipinski definition) is 2. The van der Waals surface area contributed by atoms with E-state index in [-0.39, 0.29) is 6.04 Å². The van der Waals surface area contributed by atoms with Crippen molar-refractivity contribution >= 4 is 0 Å². The zero-order valence-corrected chi connectivity index (χ0v) is 12.4. The van der Waals surface area contributed by atoms with Gasteiger partial charge in [-0.2, -0.15) is 0 Å². The zero-order chi connectivity index (χ0) is 13.7. The molecule has 0 spiro atoms. The third-order valence-electron chi connectivity index (χ3n) is 4.42. The van der Waals surface area contributed by atoms with Crippen LogP contribution in [-0.4, -0.2) is 24.0 Å². The van der Waals surface area contributed by atoms with Gasteiger partial charge in [-0.25, -0.2) is 0 Å². The zero-order valence-electron chi connectivity index (χ0n) is 12.4. The monoisotopic (exact) mass is 260 g/mol. The van der Waals surface area contributed by atoms with E-state index in [1.54, 1.807) is 0 Å². The van der Waals surface area contributed by atoms with E-state index in [2.05, 4.69) is 43.0 Å². The van der Waals surface area contributed by atoms with E-state index in [0.29, 0.717) is 0 Å². The fourth-order valence-electron chi connectivity index (χ4n) is 2.95. The van der Waals surface area contributed by atoms with Gasteiger partial charge in [0.05, 0.1) is 0 Å². The van der Waals surface area contributed by atoms with E-state index in [9.17, 15) is 0 Å². The summed E-state index contributed by atoms with van der Waals surface area (Å²) in [5.74, 6) is 0. The number of likely N-dealkylation sites (tertiary alicyclic amines) is 1. The molecule has 0 radical (unpaired) electrons. The molecular formula is C17H28N2. The Hall–Kier alpha value is -0.860. The molecule has 2 heteroatoms. The minimum atomic E-state index is 0.177. The second-order valence-corrected chi connectivity index (χ2v) is 6.04. The van der Waals surface area contributed by atoms with Gasteiger partial charge in [0, 0.05) is 18.6 Å². The summed E-state index contributed by atoms with van der Waals surface area (Å²) in [6.45, 7) is 6.87. The number of nitrogens with zero attached hydrogens (tertiary/aromatic N) is 1. The molecule has 1 fully saturated rings. The normalized spacial score (nSPS) is 23.0. The maximum absolute atomic E-state index is 6.32. The third kappa shape index (κ3) is 4.32. The molecule has 1 aromatic carbocycles. The fourth-order valence-corrected chi connectivity index (χ4v) is 2.95. The highest BCUT2D eigenvalue weighted by atomic mass is 15.1. The first-order valence-corrected chi connectivity index (χ1v) is 7.73. The number of rotatable bonds is 4. The van der Waals surface area contributed by atoms with Crippen molar-refractivity contribution < 1.29 is 0 Å². The molecule has 1 aliphatic heterocycles. The van der Waals surface area contributed by atoms with Gasteiger partial charge in [0.1, 0.15) is 0 Å². The average molecular weight is 260 g/mol. The molecule has 0 aliphatic carbocycles. The van der Waals surface area contributed by atoms with Crippen molar-refractivity contribution in [3.63, 3.8) is 0 Å². The van der Waals surface area contributed by atoms with E-state index in [4.69, 9.17) is 5.73 Å². The Morgan fingerprint density at radius 1 is 1.21 bits per heavy atom. The van der Waals surface area contributed by atoms with Gasteiger partial charge in [0.2, 0.25) is 0 Å². The average Bonchev–Trinajstić information content (AvgIpc) is 2.61. The summed E-state index contributed by atoms with van der Waals surface area (Å²) in [4.78, 5) is 2.63. The fraction of sp³-hybridized carbons (Fsp3) is 0.647. The van der Waals surface area contributed by atoms with Crippen LogP contribution in [0.15, 0.2) is 24.3 Å². The molecule has 1 aromatic rings. The quantitative estimate of drug-likeness (QED) is 0.895. The summed E-state index contributed by atoms with van der Waals surface area (Å²) >= 11 is 0. The van der Waals surface area contributed by atoms with E-state index < -0.39 is 0 Å². The Bertz CT molecular complexity index is 371. The van der Waals surface area contributed by atoms with Crippen molar-refractivity contribution in [2.45, 2.75) is 58.0 Å². The summed E-state index contributed by atoms with van der Waals surface area (Å²) in [6, 6.07) is 9.56. The van der Waals surface area contributed by atoms with Crippen LogP contribution in [0.3, 0.4) is 0 Å². The van der Waals surface area contributed by atoms with Crippen molar-refractivity contribution in [3.8, 4) is 0 Å². The summed E-state index contributed by atoms with van der Waals surface area (Å²) in [6.07, 6.45) is 6.55. The molecule has 2 unspecified atom stereocenters. The van der Waals surface area contributed by atoms with Gasteiger partial charge in [-0.05, 0) is 45.2 Å². The lowest BCUT2D eigenvalue weighted by Gasteiger charge is -2.28. The Morgan fingerprint density at radius 2 is 1.95 bits per heavy atom. The molecule has 0 amide bonds. The van der Waals surface area contributed by atoms with Gasteiger partial charge < -0.3 is 10.6 Å². The lowest BCUT2D eigenvalue weighted by atomic mass is 10.0. The van der Waals surface area contributed by atoms with E-state index >= 15 is 0 Å². The van der Waals surface area contributed by atoms with Gasteiger partial charge in [-0.3, -0.25) is 0 Å². The van der Waals surface area contributed by atoms with Crippen molar-refractivity contribution in [1.29, 1.82) is 0 Å². The molecule has 1 heterocycles. The highest BCUT2D eigenvalue weighted by Crippen LogP contribution is 2.20. The second-order valence-electron chi connectivity index (χ2n) is 6.04. The standard InChI is InChI=1S/C17H28N2/c1-14-7-9-16(10-8-14)17(18)11-13-19-12-5-3-4-6-15(19)2/h7-10,15,17H,3-6,11-13,18H2,1-2H3. The molecule has 2 nitrogen and oxygen atoms in total. The number of nitrogens with two attached hydrogens (primary N) is 1. The van der Waals surface area contributed by atoms with Crippen LogP contribution >= 0.6 is 0 Å². The highest BCUT2D eigenvalue weighted by molar-refractivity contribution is 5.23. The van der Waals surface area contributed by atoms with E-state index in [0.717, 1.165) is 19.0 Å². The van der Waals surface area contributed by atoms with Gasteiger partial charge in [-0.15, -0.1) is 0 Å². The maximum atomic E-state index is 6.32. The number of hydrogen-bond donors (Lipinski definition) is 1. The summed E-state index contributed by atoms with van der Waals surface area (Å²) in [5, 5.41) is 0. The van der Waals surface area contributed by atoms with E-state index in [1.807, 2.05) is 0 Å². The summed E-state index contributed by atoms with van der Waals surface area (Å²) in [5.41, 5.74) is 8.89. The van der Waals surface area contributed by atoms with Crippen LogP contribution in [-0.2, 0) is 0 Å². The molecule has 1 saturated heterocycles. The Kier molecular flexibility index (Phi) is 5.41. The lowest BCUT2D eigenvalue weighted by Crippen LogP contribution is -2.34. The van der Waals surface area contributed by atoms with E-state index in [1.165, 1.54) is 43.4 Å². The lowest BCUT2D eigenvalue weighted by molar-refractivity contribution is 0.206. The first-order chi connectivity index (χ1) is 9.16. The minimum absolute atomic E-state index is 0.177. The molecule has 0 bridgehead atoms. The van der Waals surface area contributed by atoms with Crippen molar-refractivity contribution in [2.75, 3.05) is 13.1 Å². The first kappa shape index (κ1) is 14.5. The number of benzene rings is 1. The van der Waals surface area contributed by atoms with Gasteiger partial charge in [-0.1, -0.05) is 42.7 Å². The third-order valence-corrected chi connectivity index (χ3v) is 4.42. The second kappa shape index (κ2) is 7.06. The smallest absolute Gasteiger partial charge is 0.0307 e. The van der Waals surface area contributed by atoms with Crippen molar-refractivity contribution in [2.24, 2.45) is 5.73 Å². The minimum Gasteiger partial charge on any atom is -0.324 e. The van der Waals surface area contributed by atoms with Crippen LogP contribution in [0.2, 0.25) is 0 Å². The Balaban J connectivity index is 1.85. The van der Waals surface area contributed by atoms with Crippen LogP contribution in [0, 0.1) is 6.92 Å². The molecule has 0 saturated carbocycles. The first-order valence-electron chi connectivity index (χ1n) is 7.73. The van der Waals surface area contributed by atoms with Crippen LogP contribution in [0.4, 0.5) is 0 Å². The molecule has 106 valence electrons. The molecule has 0 aromatic heterocycles. The van der Waals surface area contributed by atoms with Crippen LogP contribution in [0.5, 0.6) is 0 Å². The van der Waals surface area contributed by atoms with Crippen LogP contribution in [0.1, 0.15) is 56.2 Å². The predicted molar refractivity (Wildman–Crippen MR) is 82.2 cm³/mol.